The van der Waals surface area contributed by atoms with Gasteiger partial charge in [0.1, 0.15) is 0 Å². The summed E-state index contributed by atoms with van der Waals surface area (Å²) < 4.78 is 5.49. The average molecular weight is 1210 g/mol. The van der Waals surface area contributed by atoms with Crippen LogP contribution in [0.5, 0.6) is 0 Å². The average Bonchev–Trinajstić information content (AvgIpc) is 3.54. The fraction of sp³-hybridized carbons (Fsp3) is 0.900. The van der Waals surface area contributed by atoms with E-state index >= 15 is 0 Å². The van der Waals surface area contributed by atoms with Crippen LogP contribution in [0.15, 0.2) is 36.5 Å². The highest BCUT2D eigenvalue weighted by Crippen LogP contribution is 2.20. The zero-order chi connectivity index (χ0) is 62.0. The van der Waals surface area contributed by atoms with Gasteiger partial charge in [-0.15, -0.1) is 0 Å². The molecule has 3 N–H and O–H groups in total. The molecule has 6 nitrogen and oxygen atoms in total. The Labute approximate surface area is 538 Å². The number of aliphatic hydroxyl groups is 2. The largest absolute Gasteiger partial charge is 0.466 e. The molecule has 0 saturated carbocycles. The van der Waals surface area contributed by atoms with Crippen LogP contribution in [0.2, 0.25) is 0 Å². The summed E-state index contributed by atoms with van der Waals surface area (Å²) in [7, 11) is 0. The Kier molecular flexibility index (Phi) is 73.9. The minimum absolute atomic E-state index is 0.00417. The number of ether oxygens (including phenoxy) is 1. The van der Waals surface area contributed by atoms with Crippen LogP contribution in [-0.4, -0.2) is 47.4 Å². The molecule has 2 atom stereocenters. The summed E-state index contributed by atoms with van der Waals surface area (Å²) in [6, 6.07) is -0.541. The van der Waals surface area contributed by atoms with Gasteiger partial charge in [0.2, 0.25) is 5.91 Å². The summed E-state index contributed by atoms with van der Waals surface area (Å²) in [5.41, 5.74) is 0. The molecule has 0 rings (SSSR count). The number of hydrogen-bond donors (Lipinski definition) is 3. The molecule has 0 aromatic rings. The molecule has 0 saturated heterocycles. The van der Waals surface area contributed by atoms with Gasteiger partial charge in [0.25, 0.3) is 0 Å². The first-order valence-electron chi connectivity index (χ1n) is 39.2. The molecule has 0 bridgehead atoms. The second-order valence-corrected chi connectivity index (χ2v) is 27.0. The third-order valence-corrected chi connectivity index (χ3v) is 18.4. The van der Waals surface area contributed by atoms with Crippen molar-refractivity contribution in [1.82, 2.24) is 5.32 Å². The van der Waals surface area contributed by atoms with Gasteiger partial charge in [0.05, 0.1) is 25.4 Å². The van der Waals surface area contributed by atoms with Crippen LogP contribution in [-0.2, 0) is 14.3 Å². The summed E-state index contributed by atoms with van der Waals surface area (Å²) in [5.74, 6) is -0.0230. The first-order valence-corrected chi connectivity index (χ1v) is 39.2. The zero-order valence-corrected chi connectivity index (χ0v) is 58.3. The van der Waals surface area contributed by atoms with Crippen molar-refractivity contribution in [2.45, 2.75) is 450 Å². The van der Waals surface area contributed by atoms with Gasteiger partial charge in [-0.05, 0) is 77.0 Å². The van der Waals surface area contributed by atoms with Gasteiger partial charge in [-0.3, -0.25) is 9.59 Å². The molecule has 0 radical (unpaired) electrons. The van der Waals surface area contributed by atoms with Crippen LogP contribution in [0.25, 0.3) is 0 Å². The maximum atomic E-state index is 12.6. The van der Waals surface area contributed by atoms with E-state index in [0.717, 1.165) is 51.4 Å². The molecule has 6 heteroatoms. The minimum atomic E-state index is -0.664. The van der Waals surface area contributed by atoms with Crippen LogP contribution >= 0.6 is 0 Å². The van der Waals surface area contributed by atoms with Crippen molar-refractivity contribution < 1.29 is 24.5 Å². The predicted octanol–water partition coefficient (Wildman–Crippen LogP) is 25.8. The molecular weight excluding hydrogens is 1050 g/mol. The summed E-state index contributed by atoms with van der Waals surface area (Å²) in [6.45, 7) is 4.95. The minimum Gasteiger partial charge on any atom is -0.466 e. The fourth-order valence-electron chi connectivity index (χ4n) is 12.4. The normalized spacial score (nSPS) is 12.7. The number of allylic oxidation sites excluding steroid dienone is 6. The van der Waals surface area contributed by atoms with Crippen LogP contribution in [0.1, 0.15) is 438 Å². The van der Waals surface area contributed by atoms with E-state index < -0.39 is 12.1 Å². The van der Waals surface area contributed by atoms with E-state index in [1.165, 1.54) is 353 Å². The van der Waals surface area contributed by atoms with E-state index in [9.17, 15) is 19.8 Å². The first kappa shape index (κ1) is 84.1. The monoisotopic (exact) mass is 1210 g/mol. The highest BCUT2D eigenvalue weighted by molar-refractivity contribution is 5.76. The summed E-state index contributed by atoms with van der Waals surface area (Å²) >= 11 is 0. The van der Waals surface area contributed by atoms with Gasteiger partial charge in [-0.2, -0.15) is 0 Å². The van der Waals surface area contributed by atoms with E-state index in [4.69, 9.17) is 4.74 Å². The topological polar surface area (TPSA) is 95.9 Å². The van der Waals surface area contributed by atoms with Crippen molar-refractivity contribution in [2.75, 3.05) is 13.2 Å². The number of aliphatic hydroxyl groups excluding tert-OH is 2. The van der Waals surface area contributed by atoms with Gasteiger partial charge in [0, 0.05) is 12.8 Å². The number of nitrogens with one attached hydrogen (secondary N) is 1. The molecule has 1 amide bonds. The van der Waals surface area contributed by atoms with Gasteiger partial charge >= 0.3 is 5.97 Å². The van der Waals surface area contributed by atoms with E-state index in [1.54, 1.807) is 0 Å². The molecule has 0 heterocycles. The molecule has 0 aromatic carbocycles. The second-order valence-electron chi connectivity index (χ2n) is 27.0. The number of rotatable bonds is 74. The lowest BCUT2D eigenvalue weighted by molar-refractivity contribution is -0.143. The SMILES string of the molecule is CCCC/C=C\C/C=C\CCCCCCCC(=O)OCCCCCCCCCCCCCC/C=C\CCCCCCCCCCCCCCCCCCC(=O)NC(CO)C(O)CCCCCCCCCCCCCCCCCCCCCCCCC. The Morgan fingerprint density at radius 3 is 0.930 bits per heavy atom. The summed E-state index contributed by atoms with van der Waals surface area (Å²) in [6.07, 6.45) is 98.0. The molecular formula is C80H153NO5. The van der Waals surface area contributed by atoms with Gasteiger partial charge in [-0.25, -0.2) is 0 Å². The lowest BCUT2D eigenvalue weighted by Gasteiger charge is -2.22. The Morgan fingerprint density at radius 1 is 0.326 bits per heavy atom. The van der Waals surface area contributed by atoms with E-state index in [2.05, 4.69) is 55.6 Å². The third-order valence-electron chi connectivity index (χ3n) is 18.4. The lowest BCUT2D eigenvalue weighted by atomic mass is 10.0. The number of amides is 1. The van der Waals surface area contributed by atoms with Gasteiger partial charge < -0.3 is 20.3 Å². The Morgan fingerprint density at radius 2 is 0.593 bits per heavy atom. The lowest BCUT2D eigenvalue weighted by Crippen LogP contribution is -2.45. The number of carbonyl (C=O) groups is 2. The number of unbranched alkanes of at least 4 members (excludes halogenated alkanes) is 57. The smallest absolute Gasteiger partial charge is 0.305 e. The maximum Gasteiger partial charge on any atom is 0.305 e. The first-order chi connectivity index (χ1) is 42.5. The molecule has 0 fully saturated rings. The molecule has 0 aliphatic heterocycles. The molecule has 508 valence electrons. The quantitative estimate of drug-likeness (QED) is 0.0320. The van der Waals surface area contributed by atoms with E-state index in [1.807, 2.05) is 0 Å². The third kappa shape index (κ3) is 71.2. The zero-order valence-electron chi connectivity index (χ0n) is 58.3. The Bertz CT molecular complexity index is 1390. The van der Waals surface area contributed by atoms with E-state index in [0.29, 0.717) is 25.9 Å². The highest BCUT2D eigenvalue weighted by atomic mass is 16.5. The van der Waals surface area contributed by atoms with Crippen LogP contribution in [0.4, 0.5) is 0 Å². The molecule has 0 spiro atoms. The van der Waals surface area contributed by atoms with Crippen molar-refractivity contribution in [3.05, 3.63) is 36.5 Å². The Balaban J connectivity index is 3.36. The van der Waals surface area contributed by atoms with Crippen LogP contribution in [0.3, 0.4) is 0 Å². The van der Waals surface area contributed by atoms with Crippen molar-refractivity contribution in [3.8, 4) is 0 Å². The maximum absolute atomic E-state index is 12.6. The molecule has 0 aromatic heterocycles. The van der Waals surface area contributed by atoms with E-state index in [-0.39, 0.29) is 18.5 Å². The standard InChI is InChI=1S/C80H153NO5/c1-3-5-7-9-11-13-15-17-19-20-21-22-33-36-39-42-45-48-52-56-60-64-68-72-78(83)77(76-82)81-79(84)73-69-65-61-57-53-49-46-43-40-37-34-31-29-27-25-23-24-26-28-30-32-35-38-41-44-47-51-55-59-63-67-71-75-86-80(85)74-70-66-62-58-54-50-18-16-14-12-10-8-6-4-2/h10,12,16,18,26,28,77-78,82-83H,3-9,11,13-15,17,19-25,27,29-76H2,1-2H3,(H,81,84)/b12-10-,18-16-,28-26-. The van der Waals surface area contributed by atoms with Crippen molar-refractivity contribution in [1.29, 1.82) is 0 Å². The van der Waals surface area contributed by atoms with Gasteiger partial charge in [0.15, 0.2) is 0 Å². The molecule has 86 heavy (non-hydrogen) atoms. The number of carbonyl (C=O) groups excluding carboxylic acids is 2. The molecule has 0 aliphatic carbocycles. The van der Waals surface area contributed by atoms with Crippen LogP contribution in [0, 0.1) is 0 Å². The predicted molar refractivity (Wildman–Crippen MR) is 379 cm³/mol. The second kappa shape index (κ2) is 75.5. The van der Waals surface area contributed by atoms with Crippen LogP contribution < -0.4 is 5.32 Å². The number of hydrogen-bond acceptors (Lipinski definition) is 5. The Hall–Kier alpha value is -1.92. The van der Waals surface area contributed by atoms with Crippen molar-refractivity contribution in [2.24, 2.45) is 0 Å². The summed E-state index contributed by atoms with van der Waals surface area (Å²) in [5, 5.41) is 23.5. The van der Waals surface area contributed by atoms with Gasteiger partial charge in [-0.1, -0.05) is 384 Å². The molecule has 2 unspecified atom stereocenters. The summed E-state index contributed by atoms with van der Waals surface area (Å²) in [4.78, 5) is 24.6. The van der Waals surface area contributed by atoms with Crippen molar-refractivity contribution >= 4 is 11.9 Å². The number of esters is 1. The van der Waals surface area contributed by atoms with Crippen molar-refractivity contribution in [3.63, 3.8) is 0 Å². The fourth-order valence-corrected chi connectivity index (χ4v) is 12.4. The molecule has 0 aliphatic rings. The highest BCUT2D eigenvalue weighted by Gasteiger charge is 2.20.